The molecule has 7 nitrogen and oxygen atoms in total. The highest BCUT2D eigenvalue weighted by molar-refractivity contribution is 7.92. The van der Waals surface area contributed by atoms with Crippen LogP contribution in [0.1, 0.15) is 43.4 Å². The molecule has 1 aliphatic carbocycles. The highest BCUT2D eigenvalue weighted by atomic mass is 32.2. The minimum Gasteiger partial charge on any atom is -0.495 e. The molecule has 1 unspecified atom stereocenters. The molecular weight excluding hydrogens is 419 g/mol. The number of methoxy groups -OCH3 is 1. The lowest BCUT2D eigenvalue weighted by Gasteiger charge is -2.47. The third-order valence-electron chi connectivity index (χ3n) is 6.52. The van der Waals surface area contributed by atoms with Gasteiger partial charge in [0.1, 0.15) is 17.2 Å². The van der Waals surface area contributed by atoms with Crippen molar-refractivity contribution in [1.82, 2.24) is 10.3 Å². The highest BCUT2D eigenvalue weighted by Gasteiger charge is 2.53. The Bertz CT molecular complexity index is 1040. The average Bonchev–Trinajstić information content (AvgIpc) is 2.77. The van der Waals surface area contributed by atoms with Crippen LogP contribution < -0.4 is 21.1 Å². The minimum absolute atomic E-state index is 0.148. The van der Waals surface area contributed by atoms with Crippen molar-refractivity contribution < 1.29 is 17.5 Å². The van der Waals surface area contributed by atoms with Crippen molar-refractivity contribution in [3.63, 3.8) is 0 Å². The van der Waals surface area contributed by atoms with Crippen LogP contribution in [-0.2, 0) is 22.0 Å². The second-order valence-electron chi connectivity index (χ2n) is 8.57. The first-order valence-corrected chi connectivity index (χ1v) is 12.2. The average molecular weight is 449 g/mol. The van der Waals surface area contributed by atoms with Crippen LogP contribution in [0.25, 0.3) is 0 Å². The van der Waals surface area contributed by atoms with Gasteiger partial charge in [-0.15, -0.1) is 0 Å². The number of hydrogen-bond donors (Lipinski definition) is 3. The van der Waals surface area contributed by atoms with E-state index in [0.29, 0.717) is 30.8 Å². The van der Waals surface area contributed by atoms with Gasteiger partial charge in [-0.2, -0.15) is 0 Å². The van der Waals surface area contributed by atoms with E-state index in [0.717, 1.165) is 25.0 Å². The third-order valence-corrected chi connectivity index (χ3v) is 9.23. The zero-order valence-corrected chi connectivity index (χ0v) is 18.5. The number of halogens is 1. The van der Waals surface area contributed by atoms with Gasteiger partial charge >= 0.3 is 0 Å². The molecule has 1 atom stereocenters. The molecule has 2 heterocycles. The molecule has 0 bridgehead atoms. The molecule has 31 heavy (non-hydrogen) atoms. The van der Waals surface area contributed by atoms with Crippen LogP contribution in [0.2, 0.25) is 0 Å². The molecule has 1 aliphatic heterocycles. The van der Waals surface area contributed by atoms with Crippen LogP contribution in [0.3, 0.4) is 0 Å². The summed E-state index contributed by atoms with van der Waals surface area (Å²) < 4.78 is 45.5. The van der Waals surface area contributed by atoms with E-state index in [2.05, 4.69) is 15.6 Å². The van der Waals surface area contributed by atoms with Crippen LogP contribution in [-0.4, -0.2) is 37.6 Å². The highest BCUT2D eigenvalue weighted by Crippen LogP contribution is 2.41. The summed E-state index contributed by atoms with van der Waals surface area (Å²) in [5, 5.41) is 6.38. The van der Waals surface area contributed by atoms with Gasteiger partial charge in [0.15, 0.2) is 9.84 Å². The molecule has 0 amide bonds. The van der Waals surface area contributed by atoms with Crippen LogP contribution in [0.5, 0.6) is 5.75 Å². The van der Waals surface area contributed by atoms with Crippen molar-refractivity contribution in [1.29, 1.82) is 0 Å². The van der Waals surface area contributed by atoms with Gasteiger partial charge in [0.05, 0.1) is 36.0 Å². The summed E-state index contributed by atoms with van der Waals surface area (Å²) >= 11 is 0. The van der Waals surface area contributed by atoms with E-state index in [-0.39, 0.29) is 17.9 Å². The topological polar surface area (TPSA) is 106 Å². The maximum absolute atomic E-state index is 14.8. The van der Waals surface area contributed by atoms with Gasteiger partial charge in [0.25, 0.3) is 0 Å². The Kier molecular flexibility index (Phi) is 5.93. The first kappa shape index (κ1) is 22.0. The smallest absolute Gasteiger partial charge is 0.160 e. The lowest BCUT2D eigenvalue weighted by molar-refractivity contribution is 0.270. The summed E-state index contributed by atoms with van der Waals surface area (Å²) in [6.07, 6.45) is 5.74. The van der Waals surface area contributed by atoms with Crippen LogP contribution in [0, 0.1) is 5.82 Å². The van der Waals surface area contributed by atoms with E-state index in [1.807, 2.05) is 12.1 Å². The second kappa shape index (κ2) is 8.37. The zero-order valence-electron chi connectivity index (χ0n) is 17.7. The first-order valence-electron chi connectivity index (χ1n) is 10.6. The van der Waals surface area contributed by atoms with Gasteiger partial charge in [-0.1, -0.05) is 19.3 Å². The predicted molar refractivity (Wildman–Crippen MR) is 118 cm³/mol. The number of sulfone groups is 1. The number of nitrogens with one attached hydrogen (secondary N) is 2. The number of hydrogen-bond acceptors (Lipinski definition) is 7. The van der Waals surface area contributed by atoms with Gasteiger partial charge in [0, 0.05) is 17.8 Å². The van der Waals surface area contributed by atoms with Gasteiger partial charge in [-0.25, -0.2) is 12.8 Å². The molecule has 1 aromatic carbocycles. The summed E-state index contributed by atoms with van der Waals surface area (Å²) in [4.78, 5) is 4.30. The van der Waals surface area contributed by atoms with Gasteiger partial charge in [-0.05, 0) is 43.2 Å². The molecular formula is C22H29FN4O3S. The Hall–Kier alpha value is -2.23. The zero-order chi connectivity index (χ0) is 22.1. The Balaban J connectivity index is 1.53. The Morgan fingerprint density at radius 2 is 2.00 bits per heavy atom. The number of pyridine rings is 1. The van der Waals surface area contributed by atoms with Crippen LogP contribution in [0.15, 0.2) is 36.5 Å². The number of ether oxygens (including phenoxy) is 1. The lowest BCUT2D eigenvalue weighted by Crippen LogP contribution is -2.68. The number of anilines is 1. The molecule has 1 saturated carbocycles. The third kappa shape index (κ3) is 4.26. The van der Waals surface area contributed by atoms with Crippen molar-refractivity contribution in [2.75, 3.05) is 24.7 Å². The normalized spacial score (nSPS) is 24.6. The van der Waals surface area contributed by atoms with E-state index in [1.165, 1.54) is 6.07 Å². The number of nitrogens with zero attached hydrogens (tertiary/aromatic N) is 1. The SMILES string of the molecule is COc1ccc(CNc2ccc(F)c(C3(N)CS(=O)(=O)C4(CCCCC4)CN3)c2)nc1. The van der Waals surface area contributed by atoms with Gasteiger partial charge in [-0.3, -0.25) is 10.3 Å². The Labute approximate surface area is 182 Å². The van der Waals surface area contributed by atoms with E-state index in [9.17, 15) is 12.8 Å². The summed E-state index contributed by atoms with van der Waals surface area (Å²) in [5.74, 6) is -0.184. The summed E-state index contributed by atoms with van der Waals surface area (Å²) in [6.45, 7) is 0.667. The summed E-state index contributed by atoms with van der Waals surface area (Å²) in [5.41, 5.74) is 6.57. The predicted octanol–water partition coefficient (Wildman–Crippen LogP) is 2.67. The first-order chi connectivity index (χ1) is 14.8. The molecule has 168 valence electrons. The molecule has 1 spiro atoms. The van der Waals surface area contributed by atoms with Crippen LogP contribution >= 0.6 is 0 Å². The van der Waals surface area contributed by atoms with E-state index < -0.39 is 26.1 Å². The maximum atomic E-state index is 14.8. The Morgan fingerprint density at radius 1 is 1.23 bits per heavy atom. The Morgan fingerprint density at radius 3 is 2.65 bits per heavy atom. The van der Waals surface area contributed by atoms with Gasteiger partial charge in [0.2, 0.25) is 0 Å². The largest absolute Gasteiger partial charge is 0.495 e. The standard InChI is InChI=1S/C22H29FN4O3S/c1-30-18-7-5-17(26-13-18)12-25-16-6-8-20(23)19(11-16)22(24)15-31(28,29)21(14-27-22)9-3-2-4-10-21/h5-8,11,13,25,27H,2-4,9-10,12,14-15,24H2,1H3. The molecule has 4 rings (SSSR count). The summed E-state index contributed by atoms with van der Waals surface area (Å²) in [6, 6.07) is 8.14. The molecule has 2 fully saturated rings. The molecule has 0 radical (unpaired) electrons. The number of benzene rings is 1. The fourth-order valence-corrected chi connectivity index (χ4v) is 6.96. The molecule has 2 aliphatic rings. The molecule has 2 aromatic rings. The monoisotopic (exact) mass is 448 g/mol. The molecule has 9 heteroatoms. The lowest BCUT2D eigenvalue weighted by atomic mass is 9.87. The molecule has 1 aromatic heterocycles. The van der Waals surface area contributed by atoms with E-state index in [4.69, 9.17) is 10.5 Å². The van der Waals surface area contributed by atoms with Crippen molar-refractivity contribution in [2.24, 2.45) is 5.73 Å². The van der Waals surface area contributed by atoms with Crippen molar-refractivity contribution in [2.45, 2.75) is 49.1 Å². The van der Waals surface area contributed by atoms with Crippen molar-refractivity contribution in [3.8, 4) is 5.75 Å². The van der Waals surface area contributed by atoms with Gasteiger partial charge < -0.3 is 15.8 Å². The maximum Gasteiger partial charge on any atom is 0.160 e. The summed E-state index contributed by atoms with van der Waals surface area (Å²) in [7, 11) is -1.91. The number of rotatable bonds is 5. The molecule has 1 saturated heterocycles. The quantitative estimate of drug-likeness (QED) is 0.646. The van der Waals surface area contributed by atoms with E-state index in [1.54, 1.807) is 25.4 Å². The fraction of sp³-hybridized carbons (Fsp3) is 0.500. The number of nitrogens with two attached hydrogens (primary N) is 1. The van der Waals surface area contributed by atoms with Crippen molar-refractivity contribution >= 4 is 15.5 Å². The number of aromatic nitrogens is 1. The fourth-order valence-electron chi connectivity index (χ4n) is 4.60. The van der Waals surface area contributed by atoms with Crippen LogP contribution in [0.4, 0.5) is 10.1 Å². The second-order valence-corrected chi connectivity index (χ2v) is 10.9. The van der Waals surface area contributed by atoms with Crippen molar-refractivity contribution in [3.05, 3.63) is 53.6 Å². The minimum atomic E-state index is -3.49. The molecule has 4 N–H and O–H groups in total. The van der Waals surface area contributed by atoms with E-state index >= 15 is 0 Å².